The van der Waals surface area contributed by atoms with Crippen molar-refractivity contribution in [3.63, 3.8) is 0 Å². The third-order valence-electron chi connectivity index (χ3n) is 2.97. The fourth-order valence-corrected chi connectivity index (χ4v) is 1.87. The van der Waals surface area contributed by atoms with Crippen molar-refractivity contribution in [1.82, 2.24) is 9.55 Å². The van der Waals surface area contributed by atoms with Gasteiger partial charge in [0.05, 0.1) is 6.61 Å². The van der Waals surface area contributed by atoms with Gasteiger partial charge >= 0.3 is 5.69 Å². The van der Waals surface area contributed by atoms with Gasteiger partial charge in [0.15, 0.2) is 6.23 Å². The lowest BCUT2D eigenvalue weighted by Crippen LogP contribution is -2.36. The van der Waals surface area contributed by atoms with Crippen molar-refractivity contribution in [3.8, 4) is 0 Å². The van der Waals surface area contributed by atoms with E-state index in [1.54, 1.807) is 6.92 Å². The van der Waals surface area contributed by atoms with Crippen LogP contribution in [-0.4, -0.2) is 49.8 Å². The van der Waals surface area contributed by atoms with E-state index in [2.05, 4.69) is 4.98 Å². The molecule has 1 aromatic heterocycles. The highest BCUT2D eigenvalue weighted by Crippen LogP contribution is 2.28. The van der Waals surface area contributed by atoms with Crippen molar-refractivity contribution < 1.29 is 20.1 Å². The predicted octanol–water partition coefficient (Wildman–Crippen LogP) is -1.23. The van der Waals surface area contributed by atoms with E-state index in [9.17, 15) is 15.0 Å². The predicted molar refractivity (Wildman–Crippen MR) is 72.0 cm³/mol. The van der Waals surface area contributed by atoms with Crippen LogP contribution in [0.2, 0.25) is 0 Å². The lowest BCUT2D eigenvalue weighted by Gasteiger charge is -2.17. The number of anilines is 1. The standard InChI is InChI=1S/C10H15N3O5.C2H6/c1-4-2-13(10(17)12-8(4)11)9-7(16)6(15)5(3-14)18-9;1-2/h2,5-7,9,14-16H,3H2,1H3,(H2,11,12,17);1-2H3. The molecule has 4 atom stereocenters. The first kappa shape index (κ1) is 16.6. The van der Waals surface area contributed by atoms with E-state index >= 15 is 0 Å². The van der Waals surface area contributed by atoms with E-state index in [1.807, 2.05) is 13.8 Å². The van der Waals surface area contributed by atoms with Gasteiger partial charge in [-0.1, -0.05) is 13.8 Å². The van der Waals surface area contributed by atoms with Crippen LogP contribution in [0.5, 0.6) is 0 Å². The molecule has 0 saturated carbocycles. The monoisotopic (exact) mass is 287 g/mol. The van der Waals surface area contributed by atoms with Gasteiger partial charge in [-0.25, -0.2) is 4.79 Å². The second kappa shape index (κ2) is 6.80. The van der Waals surface area contributed by atoms with Crippen molar-refractivity contribution in [2.75, 3.05) is 12.3 Å². The average molecular weight is 287 g/mol. The summed E-state index contributed by atoms with van der Waals surface area (Å²) in [6.07, 6.45) is -3.20. The highest BCUT2D eigenvalue weighted by atomic mass is 16.6. The number of hydrogen-bond donors (Lipinski definition) is 4. The number of aliphatic hydroxyl groups excluding tert-OH is 3. The molecule has 0 radical (unpaired) electrons. The topological polar surface area (TPSA) is 131 Å². The molecule has 5 N–H and O–H groups in total. The molecule has 4 unspecified atom stereocenters. The molecule has 0 amide bonds. The number of aliphatic hydroxyl groups is 3. The minimum Gasteiger partial charge on any atom is -0.394 e. The second-order valence-corrected chi connectivity index (χ2v) is 4.23. The number of ether oxygens (including phenoxy) is 1. The molecule has 1 aliphatic rings. The first-order valence-electron chi connectivity index (χ1n) is 6.43. The van der Waals surface area contributed by atoms with Crippen LogP contribution in [0.4, 0.5) is 5.82 Å². The number of aryl methyl sites for hydroxylation is 1. The Labute approximate surface area is 116 Å². The minimum atomic E-state index is -1.32. The third-order valence-corrected chi connectivity index (χ3v) is 2.97. The molecule has 0 aliphatic carbocycles. The van der Waals surface area contributed by atoms with Crippen LogP contribution in [0.1, 0.15) is 25.6 Å². The Kier molecular flexibility index (Phi) is 5.63. The van der Waals surface area contributed by atoms with Crippen LogP contribution in [0.25, 0.3) is 0 Å². The Balaban J connectivity index is 0.000000956. The Morgan fingerprint density at radius 3 is 2.50 bits per heavy atom. The summed E-state index contributed by atoms with van der Waals surface area (Å²) in [4.78, 5) is 15.2. The number of hydrogen-bond acceptors (Lipinski definition) is 7. The van der Waals surface area contributed by atoms with E-state index in [1.165, 1.54) is 6.20 Å². The maximum Gasteiger partial charge on any atom is 0.351 e. The lowest BCUT2D eigenvalue weighted by atomic mass is 10.1. The number of nitrogens with zero attached hydrogens (tertiary/aromatic N) is 2. The molecule has 0 bridgehead atoms. The molecular weight excluding hydrogens is 266 g/mol. The average Bonchev–Trinajstić information content (AvgIpc) is 2.73. The van der Waals surface area contributed by atoms with Crippen LogP contribution in [0.3, 0.4) is 0 Å². The van der Waals surface area contributed by atoms with Gasteiger partial charge in [0, 0.05) is 11.8 Å². The van der Waals surface area contributed by atoms with Gasteiger partial charge < -0.3 is 25.8 Å². The lowest BCUT2D eigenvalue weighted by molar-refractivity contribution is -0.0550. The van der Waals surface area contributed by atoms with Gasteiger partial charge in [-0.3, -0.25) is 4.57 Å². The highest BCUT2D eigenvalue weighted by molar-refractivity contribution is 5.35. The molecule has 2 heterocycles. The Hall–Kier alpha value is -1.48. The SMILES string of the molecule is CC.Cc1cn(C2OC(CO)C(O)C2O)c(=O)nc1N. The number of nitrogens with two attached hydrogens (primary N) is 1. The number of nitrogen functional groups attached to an aromatic ring is 1. The smallest absolute Gasteiger partial charge is 0.351 e. The maximum absolute atomic E-state index is 11.7. The van der Waals surface area contributed by atoms with Gasteiger partial charge in [0.1, 0.15) is 24.1 Å². The maximum atomic E-state index is 11.7. The first-order valence-corrected chi connectivity index (χ1v) is 6.43. The fraction of sp³-hybridized carbons (Fsp3) is 0.667. The zero-order valence-electron chi connectivity index (χ0n) is 11.7. The molecule has 1 aliphatic heterocycles. The Bertz CT molecular complexity index is 504. The van der Waals surface area contributed by atoms with Crippen LogP contribution in [0, 0.1) is 6.92 Å². The summed E-state index contributed by atoms with van der Waals surface area (Å²) < 4.78 is 6.28. The molecule has 20 heavy (non-hydrogen) atoms. The van der Waals surface area contributed by atoms with Crippen molar-refractivity contribution in [2.24, 2.45) is 0 Å². The van der Waals surface area contributed by atoms with E-state index in [4.69, 9.17) is 15.6 Å². The quantitative estimate of drug-likeness (QED) is 0.535. The molecule has 1 aromatic rings. The summed E-state index contributed by atoms with van der Waals surface area (Å²) in [6.45, 7) is 5.20. The molecule has 114 valence electrons. The molecule has 2 rings (SSSR count). The van der Waals surface area contributed by atoms with E-state index < -0.39 is 36.8 Å². The molecule has 1 fully saturated rings. The van der Waals surface area contributed by atoms with Gasteiger partial charge in [-0.15, -0.1) is 0 Å². The van der Waals surface area contributed by atoms with Gasteiger partial charge in [0.25, 0.3) is 0 Å². The van der Waals surface area contributed by atoms with Crippen LogP contribution in [-0.2, 0) is 4.74 Å². The fourth-order valence-electron chi connectivity index (χ4n) is 1.87. The van der Waals surface area contributed by atoms with Crippen molar-refractivity contribution in [1.29, 1.82) is 0 Å². The summed E-state index contributed by atoms with van der Waals surface area (Å²) in [5, 5.41) is 28.4. The molecular formula is C12H21N3O5. The van der Waals surface area contributed by atoms with E-state index in [0.717, 1.165) is 4.57 Å². The zero-order valence-corrected chi connectivity index (χ0v) is 11.7. The summed E-state index contributed by atoms with van der Waals surface area (Å²) >= 11 is 0. The molecule has 1 saturated heterocycles. The van der Waals surface area contributed by atoms with Crippen LogP contribution in [0.15, 0.2) is 11.0 Å². The third kappa shape index (κ3) is 2.98. The van der Waals surface area contributed by atoms with Crippen LogP contribution < -0.4 is 11.4 Å². The summed E-state index contributed by atoms with van der Waals surface area (Å²) in [7, 11) is 0. The van der Waals surface area contributed by atoms with Gasteiger partial charge in [-0.05, 0) is 6.92 Å². The Morgan fingerprint density at radius 2 is 2.00 bits per heavy atom. The molecule has 0 aromatic carbocycles. The second-order valence-electron chi connectivity index (χ2n) is 4.23. The molecule has 8 nitrogen and oxygen atoms in total. The normalized spacial score (nSPS) is 28.9. The van der Waals surface area contributed by atoms with Crippen LogP contribution >= 0.6 is 0 Å². The summed E-state index contributed by atoms with van der Waals surface area (Å²) in [5.74, 6) is 0.1000. The summed E-state index contributed by atoms with van der Waals surface area (Å²) in [6, 6.07) is 0. The van der Waals surface area contributed by atoms with Gasteiger partial charge in [-0.2, -0.15) is 4.98 Å². The largest absolute Gasteiger partial charge is 0.394 e. The summed E-state index contributed by atoms with van der Waals surface area (Å²) in [5.41, 5.74) is 5.35. The van der Waals surface area contributed by atoms with Crippen molar-refractivity contribution in [3.05, 3.63) is 22.2 Å². The molecule has 8 heteroatoms. The Morgan fingerprint density at radius 1 is 1.40 bits per heavy atom. The van der Waals surface area contributed by atoms with E-state index in [-0.39, 0.29) is 5.82 Å². The van der Waals surface area contributed by atoms with Crippen molar-refractivity contribution >= 4 is 5.82 Å². The first-order chi connectivity index (χ1) is 9.45. The molecule has 0 spiro atoms. The minimum absolute atomic E-state index is 0.1000. The number of aromatic nitrogens is 2. The highest BCUT2D eigenvalue weighted by Gasteiger charge is 2.43. The van der Waals surface area contributed by atoms with Gasteiger partial charge in [0.2, 0.25) is 0 Å². The van der Waals surface area contributed by atoms with Crippen molar-refractivity contribution in [2.45, 2.75) is 45.3 Å². The number of rotatable bonds is 2. The van der Waals surface area contributed by atoms with E-state index in [0.29, 0.717) is 5.56 Å². The zero-order chi connectivity index (χ0) is 15.4.